The highest BCUT2D eigenvalue weighted by molar-refractivity contribution is 7.99. The fraction of sp³-hybridized carbons (Fsp3) is 0.615. The van der Waals surface area contributed by atoms with E-state index in [4.69, 9.17) is 4.74 Å². The second-order valence-corrected chi connectivity index (χ2v) is 5.55. The van der Waals surface area contributed by atoms with E-state index in [0.29, 0.717) is 6.04 Å². The van der Waals surface area contributed by atoms with Gasteiger partial charge in [0, 0.05) is 17.5 Å². The number of anilines is 1. The molecule has 1 aliphatic carbocycles. The lowest BCUT2D eigenvalue weighted by molar-refractivity contribution is 0.411. The van der Waals surface area contributed by atoms with Crippen LogP contribution in [-0.4, -0.2) is 29.6 Å². The number of nitrogens with zero attached hydrogens (tertiary/aromatic N) is 1. The van der Waals surface area contributed by atoms with Gasteiger partial charge in [-0.1, -0.05) is 0 Å². The fourth-order valence-electron chi connectivity index (χ4n) is 2.30. The SMILES string of the molecule is COc1cccnc1NC1CCC(SC)CC1. The highest BCUT2D eigenvalue weighted by Crippen LogP contribution is 2.30. The Morgan fingerprint density at radius 1 is 1.35 bits per heavy atom. The fourth-order valence-corrected chi connectivity index (χ4v) is 3.04. The Morgan fingerprint density at radius 3 is 2.76 bits per heavy atom. The number of nitrogens with one attached hydrogen (secondary N) is 1. The number of methoxy groups -OCH3 is 1. The van der Waals surface area contributed by atoms with Crippen molar-refractivity contribution in [1.82, 2.24) is 4.98 Å². The smallest absolute Gasteiger partial charge is 0.168 e. The summed E-state index contributed by atoms with van der Waals surface area (Å²) in [5, 5.41) is 4.35. The molecular weight excluding hydrogens is 232 g/mol. The van der Waals surface area contributed by atoms with Gasteiger partial charge in [0.1, 0.15) is 0 Å². The van der Waals surface area contributed by atoms with Crippen LogP contribution in [0.2, 0.25) is 0 Å². The zero-order valence-electron chi connectivity index (χ0n) is 10.5. The van der Waals surface area contributed by atoms with Crippen molar-refractivity contribution in [2.75, 3.05) is 18.7 Å². The van der Waals surface area contributed by atoms with Crippen molar-refractivity contribution in [3.05, 3.63) is 18.3 Å². The summed E-state index contributed by atoms with van der Waals surface area (Å²) in [6.45, 7) is 0. The van der Waals surface area contributed by atoms with Crippen LogP contribution in [0.3, 0.4) is 0 Å². The lowest BCUT2D eigenvalue weighted by Gasteiger charge is -2.28. The van der Waals surface area contributed by atoms with Gasteiger partial charge in [-0.25, -0.2) is 4.98 Å². The number of hydrogen-bond donors (Lipinski definition) is 1. The Hall–Kier alpha value is -0.900. The van der Waals surface area contributed by atoms with E-state index >= 15 is 0 Å². The monoisotopic (exact) mass is 252 g/mol. The number of rotatable bonds is 4. The molecule has 0 amide bonds. The van der Waals surface area contributed by atoms with Gasteiger partial charge in [-0.15, -0.1) is 0 Å². The summed E-state index contributed by atoms with van der Waals surface area (Å²) >= 11 is 1.99. The van der Waals surface area contributed by atoms with Crippen LogP contribution in [0.4, 0.5) is 5.82 Å². The zero-order chi connectivity index (χ0) is 12.1. The van der Waals surface area contributed by atoms with Gasteiger partial charge < -0.3 is 10.1 Å². The lowest BCUT2D eigenvalue weighted by Crippen LogP contribution is -2.27. The lowest BCUT2D eigenvalue weighted by atomic mass is 9.95. The molecule has 1 fully saturated rings. The topological polar surface area (TPSA) is 34.1 Å². The first-order valence-electron chi connectivity index (χ1n) is 6.12. The molecule has 0 aromatic carbocycles. The minimum atomic E-state index is 0.544. The van der Waals surface area contributed by atoms with Gasteiger partial charge in [0.2, 0.25) is 0 Å². The maximum absolute atomic E-state index is 5.30. The van der Waals surface area contributed by atoms with Crippen LogP contribution in [0.15, 0.2) is 18.3 Å². The summed E-state index contributed by atoms with van der Waals surface area (Å²) < 4.78 is 5.30. The largest absolute Gasteiger partial charge is 0.493 e. The summed E-state index contributed by atoms with van der Waals surface area (Å²) in [5.41, 5.74) is 0. The van der Waals surface area contributed by atoms with Gasteiger partial charge in [-0.2, -0.15) is 11.8 Å². The normalized spacial score (nSPS) is 24.4. The molecule has 17 heavy (non-hydrogen) atoms. The Labute approximate surface area is 107 Å². The predicted molar refractivity (Wildman–Crippen MR) is 74.0 cm³/mol. The molecule has 0 radical (unpaired) electrons. The van der Waals surface area contributed by atoms with Gasteiger partial charge in [-0.05, 0) is 44.1 Å². The minimum absolute atomic E-state index is 0.544. The van der Waals surface area contributed by atoms with Crippen molar-refractivity contribution < 1.29 is 4.74 Å². The van der Waals surface area contributed by atoms with Crippen LogP contribution in [-0.2, 0) is 0 Å². The molecule has 0 bridgehead atoms. The first-order valence-corrected chi connectivity index (χ1v) is 7.40. The predicted octanol–water partition coefficient (Wildman–Crippen LogP) is 3.18. The highest BCUT2D eigenvalue weighted by atomic mass is 32.2. The maximum atomic E-state index is 5.30. The highest BCUT2D eigenvalue weighted by Gasteiger charge is 2.21. The Morgan fingerprint density at radius 2 is 2.12 bits per heavy atom. The molecule has 0 unspecified atom stereocenters. The average molecular weight is 252 g/mol. The summed E-state index contributed by atoms with van der Waals surface area (Å²) in [4.78, 5) is 4.34. The summed E-state index contributed by atoms with van der Waals surface area (Å²) in [6.07, 6.45) is 9.07. The molecule has 1 saturated carbocycles. The third kappa shape index (κ3) is 3.28. The summed E-state index contributed by atoms with van der Waals surface area (Å²) in [5.74, 6) is 1.71. The molecule has 4 heteroatoms. The van der Waals surface area contributed by atoms with Crippen molar-refractivity contribution in [1.29, 1.82) is 0 Å². The Bertz CT molecular complexity index is 351. The van der Waals surface area contributed by atoms with E-state index in [1.54, 1.807) is 13.3 Å². The van der Waals surface area contributed by atoms with E-state index in [2.05, 4.69) is 16.6 Å². The number of hydrogen-bond acceptors (Lipinski definition) is 4. The molecule has 2 rings (SSSR count). The first kappa shape index (κ1) is 12.6. The molecule has 0 aliphatic heterocycles. The molecule has 1 aliphatic rings. The van der Waals surface area contributed by atoms with Gasteiger partial charge in [0.25, 0.3) is 0 Å². The molecule has 0 saturated heterocycles. The Kier molecular flexibility index (Phi) is 4.54. The number of ether oxygens (including phenoxy) is 1. The summed E-state index contributed by atoms with van der Waals surface area (Å²) in [7, 11) is 1.69. The van der Waals surface area contributed by atoms with Gasteiger partial charge in [-0.3, -0.25) is 0 Å². The standard InChI is InChI=1S/C13H20N2OS/c1-16-12-4-3-9-14-13(12)15-10-5-7-11(17-2)8-6-10/h3-4,9-11H,5-8H2,1-2H3,(H,14,15). The molecule has 1 aromatic rings. The van der Waals surface area contributed by atoms with E-state index in [-0.39, 0.29) is 0 Å². The van der Waals surface area contributed by atoms with E-state index in [9.17, 15) is 0 Å². The minimum Gasteiger partial charge on any atom is -0.493 e. The molecular formula is C13H20N2OS. The maximum Gasteiger partial charge on any atom is 0.168 e. The second kappa shape index (κ2) is 6.15. The molecule has 1 N–H and O–H groups in total. The van der Waals surface area contributed by atoms with Crippen molar-refractivity contribution in [2.45, 2.75) is 37.0 Å². The molecule has 94 valence electrons. The van der Waals surface area contributed by atoms with Crippen LogP contribution in [0.5, 0.6) is 5.75 Å². The average Bonchev–Trinajstić information content (AvgIpc) is 2.40. The zero-order valence-corrected chi connectivity index (χ0v) is 11.3. The molecule has 3 nitrogen and oxygen atoms in total. The van der Waals surface area contributed by atoms with Crippen LogP contribution in [0.1, 0.15) is 25.7 Å². The third-order valence-corrected chi connectivity index (χ3v) is 4.48. The number of pyridine rings is 1. The Balaban J connectivity index is 1.93. The van der Waals surface area contributed by atoms with E-state index in [1.165, 1.54) is 25.7 Å². The molecule has 0 atom stereocenters. The van der Waals surface area contributed by atoms with Crippen LogP contribution >= 0.6 is 11.8 Å². The van der Waals surface area contributed by atoms with Gasteiger partial charge in [0.05, 0.1) is 7.11 Å². The molecule has 0 spiro atoms. The summed E-state index contributed by atoms with van der Waals surface area (Å²) in [6, 6.07) is 4.39. The van der Waals surface area contributed by atoms with Crippen LogP contribution in [0, 0.1) is 0 Å². The third-order valence-electron chi connectivity index (χ3n) is 3.34. The number of aromatic nitrogens is 1. The van der Waals surface area contributed by atoms with E-state index < -0.39 is 0 Å². The van der Waals surface area contributed by atoms with Crippen molar-refractivity contribution >= 4 is 17.6 Å². The van der Waals surface area contributed by atoms with Crippen LogP contribution in [0.25, 0.3) is 0 Å². The van der Waals surface area contributed by atoms with E-state index in [1.807, 2.05) is 23.9 Å². The number of thioether (sulfide) groups is 1. The molecule has 1 aromatic heterocycles. The second-order valence-electron chi connectivity index (χ2n) is 4.41. The van der Waals surface area contributed by atoms with Crippen molar-refractivity contribution in [2.24, 2.45) is 0 Å². The quantitative estimate of drug-likeness (QED) is 0.892. The van der Waals surface area contributed by atoms with Crippen LogP contribution < -0.4 is 10.1 Å². The van der Waals surface area contributed by atoms with E-state index in [0.717, 1.165) is 16.8 Å². The molecule has 1 heterocycles. The van der Waals surface area contributed by atoms with Gasteiger partial charge >= 0.3 is 0 Å². The first-order chi connectivity index (χ1) is 8.33. The van der Waals surface area contributed by atoms with Gasteiger partial charge in [0.15, 0.2) is 11.6 Å². The van der Waals surface area contributed by atoms with Crippen molar-refractivity contribution in [3.8, 4) is 5.75 Å². The van der Waals surface area contributed by atoms with Crippen molar-refractivity contribution in [3.63, 3.8) is 0 Å².